The van der Waals surface area contributed by atoms with Crippen molar-refractivity contribution < 1.29 is 9.63 Å². The molecule has 0 atom stereocenters. The van der Waals surface area contributed by atoms with Crippen LogP contribution in [0.3, 0.4) is 0 Å². The van der Waals surface area contributed by atoms with E-state index >= 15 is 0 Å². The summed E-state index contributed by atoms with van der Waals surface area (Å²) in [6.07, 6.45) is 5.05. The van der Waals surface area contributed by atoms with E-state index in [0.29, 0.717) is 23.5 Å². The third-order valence-corrected chi connectivity index (χ3v) is 3.58. The molecule has 1 heterocycles. The Morgan fingerprint density at radius 3 is 2.75 bits per heavy atom. The molecule has 0 bridgehead atoms. The maximum Gasteiger partial charge on any atom is 0.254 e. The summed E-state index contributed by atoms with van der Waals surface area (Å²) in [7, 11) is 0. The highest BCUT2D eigenvalue weighted by atomic mass is 16.7. The number of H-pyrrole nitrogens is 1. The molecule has 0 spiro atoms. The minimum Gasteiger partial charge on any atom is -0.311 e. The van der Waals surface area contributed by atoms with E-state index in [4.69, 9.17) is 4.84 Å². The van der Waals surface area contributed by atoms with E-state index in [1.165, 1.54) is 0 Å². The van der Waals surface area contributed by atoms with Crippen LogP contribution in [-0.4, -0.2) is 22.0 Å². The Bertz CT molecular complexity index is 533. The second-order valence-electron chi connectivity index (χ2n) is 5.26. The predicted molar refractivity (Wildman–Crippen MR) is 74.1 cm³/mol. The molecule has 6 nitrogen and oxygen atoms in total. The topological polar surface area (TPSA) is 84.1 Å². The van der Waals surface area contributed by atoms with Gasteiger partial charge in [-0.15, -0.1) is 0 Å². The highest BCUT2D eigenvalue weighted by Gasteiger charge is 2.17. The van der Waals surface area contributed by atoms with Crippen molar-refractivity contribution >= 4 is 5.91 Å². The smallest absolute Gasteiger partial charge is 0.254 e. The molecule has 1 amide bonds. The number of rotatable bonds is 5. The van der Waals surface area contributed by atoms with Crippen LogP contribution in [0, 0.1) is 13.8 Å². The molecule has 0 aliphatic heterocycles. The first-order valence-electron chi connectivity index (χ1n) is 7.07. The van der Waals surface area contributed by atoms with E-state index < -0.39 is 0 Å². The van der Waals surface area contributed by atoms with Crippen molar-refractivity contribution in [2.45, 2.75) is 58.5 Å². The van der Waals surface area contributed by atoms with E-state index in [-0.39, 0.29) is 24.0 Å². The molecule has 0 unspecified atom stereocenters. The van der Waals surface area contributed by atoms with Crippen molar-refractivity contribution in [3.05, 3.63) is 27.4 Å². The maximum atomic E-state index is 11.8. The number of amides is 1. The van der Waals surface area contributed by atoms with E-state index in [1.54, 1.807) is 13.8 Å². The van der Waals surface area contributed by atoms with Gasteiger partial charge in [-0.2, -0.15) is 0 Å². The summed E-state index contributed by atoms with van der Waals surface area (Å²) >= 11 is 0. The minimum atomic E-state index is -0.198. The standard InChI is InChI=1S/C14H21N3O3/c1-9-12(14(19)16-10(2)15-9)7-8-13(18)17-20-11-5-3-4-6-11/h11H,3-8H2,1-2H3,(H,17,18)(H,15,16,19). The van der Waals surface area contributed by atoms with Crippen molar-refractivity contribution in [1.82, 2.24) is 15.4 Å². The second-order valence-corrected chi connectivity index (χ2v) is 5.26. The van der Waals surface area contributed by atoms with Gasteiger partial charge >= 0.3 is 0 Å². The Morgan fingerprint density at radius 1 is 1.40 bits per heavy atom. The van der Waals surface area contributed by atoms with Gasteiger partial charge in [-0.05, 0) is 33.1 Å². The first kappa shape index (κ1) is 14.7. The molecule has 0 aromatic carbocycles. The molecule has 110 valence electrons. The summed E-state index contributed by atoms with van der Waals surface area (Å²) in [5.41, 5.74) is 3.54. The Labute approximate surface area is 117 Å². The van der Waals surface area contributed by atoms with Gasteiger partial charge in [0.05, 0.1) is 6.10 Å². The van der Waals surface area contributed by atoms with Crippen LogP contribution in [0.5, 0.6) is 0 Å². The van der Waals surface area contributed by atoms with Gasteiger partial charge in [-0.25, -0.2) is 10.5 Å². The van der Waals surface area contributed by atoms with Crippen LogP contribution in [0.15, 0.2) is 4.79 Å². The van der Waals surface area contributed by atoms with Crippen LogP contribution in [0.2, 0.25) is 0 Å². The highest BCUT2D eigenvalue weighted by molar-refractivity contribution is 5.75. The summed E-state index contributed by atoms with van der Waals surface area (Å²) in [6, 6.07) is 0. The average molecular weight is 279 g/mol. The van der Waals surface area contributed by atoms with Crippen molar-refractivity contribution in [2.24, 2.45) is 0 Å². The lowest BCUT2D eigenvalue weighted by atomic mass is 10.1. The van der Waals surface area contributed by atoms with Crippen LogP contribution in [-0.2, 0) is 16.1 Å². The number of aromatic nitrogens is 2. The van der Waals surface area contributed by atoms with Gasteiger partial charge in [-0.3, -0.25) is 14.4 Å². The Hall–Kier alpha value is -1.69. The van der Waals surface area contributed by atoms with Crippen molar-refractivity contribution in [3.63, 3.8) is 0 Å². The quantitative estimate of drug-likeness (QED) is 0.796. The number of hydroxylamine groups is 1. The highest BCUT2D eigenvalue weighted by Crippen LogP contribution is 2.19. The van der Waals surface area contributed by atoms with Gasteiger partial charge in [0.2, 0.25) is 5.91 Å². The monoisotopic (exact) mass is 279 g/mol. The molecule has 1 aliphatic rings. The van der Waals surface area contributed by atoms with Gasteiger partial charge in [0.1, 0.15) is 5.82 Å². The molecule has 1 aromatic heterocycles. The molecule has 20 heavy (non-hydrogen) atoms. The van der Waals surface area contributed by atoms with Crippen LogP contribution in [0.25, 0.3) is 0 Å². The van der Waals surface area contributed by atoms with E-state index in [0.717, 1.165) is 25.7 Å². The summed E-state index contributed by atoms with van der Waals surface area (Å²) in [6.45, 7) is 3.52. The molecule has 1 aromatic rings. The molecule has 0 radical (unpaired) electrons. The number of carbonyl (C=O) groups is 1. The van der Waals surface area contributed by atoms with E-state index in [2.05, 4.69) is 15.4 Å². The maximum absolute atomic E-state index is 11.8. The lowest BCUT2D eigenvalue weighted by molar-refractivity contribution is -0.138. The van der Waals surface area contributed by atoms with E-state index in [9.17, 15) is 9.59 Å². The zero-order valence-electron chi connectivity index (χ0n) is 12.0. The normalized spacial score (nSPS) is 15.5. The number of aryl methyl sites for hydroxylation is 2. The Kier molecular flexibility index (Phi) is 4.89. The minimum absolute atomic E-state index is 0.144. The number of carbonyl (C=O) groups excluding carboxylic acids is 1. The third-order valence-electron chi connectivity index (χ3n) is 3.58. The second kappa shape index (κ2) is 6.65. The summed E-state index contributed by atoms with van der Waals surface area (Å²) in [5.74, 6) is 0.390. The summed E-state index contributed by atoms with van der Waals surface area (Å²) in [4.78, 5) is 35.7. The van der Waals surface area contributed by atoms with Crippen LogP contribution in [0.1, 0.15) is 49.2 Å². The number of nitrogens with one attached hydrogen (secondary N) is 2. The molecule has 1 saturated carbocycles. The fourth-order valence-corrected chi connectivity index (χ4v) is 2.49. The molecule has 1 fully saturated rings. The molecule has 6 heteroatoms. The molecule has 2 rings (SSSR count). The van der Waals surface area contributed by atoms with Crippen molar-refractivity contribution in [3.8, 4) is 0 Å². The number of aromatic amines is 1. The van der Waals surface area contributed by atoms with Gasteiger partial charge in [0, 0.05) is 17.7 Å². The Morgan fingerprint density at radius 2 is 2.10 bits per heavy atom. The lowest BCUT2D eigenvalue weighted by Gasteiger charge is -2.11. The summed E-state index contributed by atoms with van der Waals surface area (Å²) < 4.78 is 0. The van der Waals surface area contributed by atoms with E-state index in [1.807, 2.05) is 0 Å². The first-order chi connectivity index (χ1) is 9.56. The van der Waals surface area contributed by atoms with Crippen LogP contribution >= 0.6 is 0 Å². The van der Waals surface area contributed by atoms with Crippen LogP contribution in [0.4, 0.5) is 0 Å². The predicted octanol–water partition coefficient (Wildman–Crippen LogP) is 1.31. The number of nitrogens with zero attached hydrogens (tertiary/aromatic N) is 1. The van der Waals surface area contributed by atoms with Gasteiger partial charge in [0.15, 0.2) is 0 Å². The SMILES string of the molecule is Cc1nc(C)c(CCC(=O)NOC2CCCC2)c(=O)[nH]1. The molecule has 2 N–H and O–H groups in total. The Balaban J connectivity index is 1.82. The largest absolute Gasteiger partial charge is 0.311 e. The fourth-order valence-electron chi connectivity index (χ4n) is 2.49. The lowest BCUT2D eigenvalue weighted by Crippen LogP contribution is -2.29. The third kappa shape index (κ3) is 3.90. The van der Waals surface area contributed by atoms with Gasteiger partial charge in [0.25, 0.3) is 5.56 Å². The van der Waals surface area contributed by atoms with Crippen molar-refractivity contribution in [2.75, 3.05) is 0 Å². The summed E-state index contributed by atoms with van der Waals surface area (Å²) in [5, 5.41) is 0. The first-order valence-corrected chi connectivity index (χ1v) is 7.07. The average Bonchev–Trinajstić information content (AvgIpc) is 2.88. The molecular formula is C14H21N3O3. The molecule has 1 aliphatic carbocycles. The van der Waals surface area contributed by atoms with Gasteiger partial charge in [-0.1, -0.05) is 12.8 Å². The number of hydrogen-bond donors (Lipinski definition) is 2. The van der Waals surface area contributed by atoms with Gasteiger partial charge < -0.3 is 4.98 Å². The molecular weight excluding hydrogens is 258 g/mol. The van der Waals surface area contributed by atoms with Crippen molar-refractivity contribution in [1.29, 1.82) is 0 Å². The number of hydrogen-bond acceptors (Lipinski definition) is 4. The zero-order chi connectivity index (χ0) is 14.5. The molecule has 0 saturated heterocycles. The van der Waals surface area contributed by atoms with Crippen LogP contribution < -0.4 is 11.0 Å². The zero-order valence-corrected chi connectivity index (χ0v) is 12.0. The fraction of sp³-hybridized carbons (Fsp3) is 0.643.